The zero-order chi connectivity index (χ0) is 14.9. The molecule has 0 unspecified atom stereocenters. The first-order chi connectivity index (χ1) is 10.1. The lowest BCUT2D eigenvalue weighted by atomic mass is 9.78. The summed E-state index contributed by atoms with van der Waals surface area (Å²) in [6.45, 7) is 4.45. The number of piperidine rings is 1. The van der Waals surface area contributed by atoms with Crippen LogP contribution in [0.1, 0.15) is 24.8 Å². The van der Waals surface area contributed by atoms with Crippen LogP contribution in [-0.2, 0) is 6.54 Å². The number of halogens is 2. The zero-order valence-electron chi connectivity index (χ0n) is 12.4. The number of hydrogen-bond donors (Lipinski definition) is 1. The molecule has 2 aliphatic rings. The van der Waals surface area contributed by atoms with Crippen LogP contribution in [0.4, 0.5) is 8.78 Å². The van der Waals surface area contributed by atoms with Gasteiger partial charge in [0.2, 0.25) is 0 Å². The molecule has 21 heavy (non-hydrogen) atoms. The first kappa shape index (κ1) is 14.7. The molecule has 1 spiro atoms. The van der Waals surface area contributed by atoms with E-state index in [0.717, 1.165) is 38.7 Å². The number of rotatable bonds is 3. The van der Waals surface area contributed by atoms with E-state index < -0.39 is 11.6 Å². The average Bonchev–Trinajstić information content (AvgIpc) is 2.87. The minimum atomic E-state index is -0.804. The van der Waals surface area contributed by atoms with Crippen LogP contribution < -0.4 is 10.1 Å². The van der Waals surface area contributed by atoms with E-state index in [-0.39, 0.29) is 0 Å². The molecule has 0 saturated carbocycles. The Morgan fingerprint density at radius 3 is 2.71 bits per heavy atom. The van der Waals surface area contributed by atoms with Crippen LogP contribution in [0.3, 0.4) is 0 Å². The molecule has 0 radical (unpaired) electrons. The SMILES string of the molecule is COc1ccc(F)c(F)c1CN1CCC2(CCNCC2)C1. The van der Waals surface area contributed by atoms with E-state index in [1.807, 2.05) is 0 Å². The summed E-state index contributed by atoms with van der Waals surface area (Å²) in [5.41, 5.74) is 0.700. The molecule has 0 bridgehead atoms. The van der Waals surface area contributed by atoms with Crippen molar-refractivity contribution in [3.8, 4) is 5.75 Å². The summed E-state index contributed by atoms with van der Waals surface area (Å²) in [6, 6.07) is 2.63. The van der Waals surface area contributed by atoms with E-state index in [1.54, 1.807) is 0 Å². The van der Waals surface area contributed by atoms with Gasteiger partial charge < -0.3 is 10.1 Å². The summed E-state index contributed by atoms with van der Waals surface area (Å²) in [6.07, 6.45) is 3.49. The van der Waals surface area contributed by atoms with E-state index in [1.165, 1.54) is 26.0 Å². The van der Waals surface area contributed by atoms with Crippen molar-refractivity contribution < 1.29 is 13.5 Å². The Balaban J connectivity index is 1.74. The van der Waals surface area contributed by atoms with Crippen molar-refractivity contribution in [2.24, 2.45) is 5.41 Å². The van der Waals surface area contributed by atoms with Gasteiger partial charge in [0.05, 0.1) is 7.11 Å². The number of nitrogens with zero attached hydrogens (tertiary/aromatic N) is 1. The largest absolute Gasteiger partial charge is 0.496 e. The van der Waals surface area contributed by atoms with Crippen molar-refractivity contribution in [2.45, 2.75) is 25.8 Å². The molecule has 1 aromatic carbocycles. The summed E-state index contributed by atoms with van der Waals surface area (Å²) in [7, 11) is 1.49. The molecule has 2 fully saturated rings. The van der Waals surface area contributed by atoms with Gasteiger partial charge in [-0.15, -0.1) is 0 Å². The summed E-state index contributed by atoms with van der Waals surface area (Å²) in [5.74, 6) is -1.15. The number of hydrogen-bond acceptors (Lipinski definition) is 3. The minimum Gasteiger partial charge on any atom is -0.496 e. The van der Waals surface area contributed by atoms with Gasteiger partial charge >= 0.3 is 0 Å². The second kappa shape index (κ2) is 5.89. The molecule has 2 aliphatic heterocycles. The lowest BCUT2D eigenvalue weighted by Gasteiger charge is -2.34. The normalized spacial score (nSPS) is 21.9. The fraction of sp³-hybridized carbons (Fsp3) is 0.625. The molecule has 3 nitrogen and oxygen atoms in total. The second-order valence-electron chi connectivity index (χ2n) is 6.25. The Bertz CT molecular complexity index is 515. The van der Waals surface area contributed by atoms with Gasteiger partial charge in [0.25, 0.3) is 0 Å². The van der Waals surface area contributed by atoms with Crippen molar-refractivity contribution in [3.63, 3.8) is 0 Å². The molecular weight excluding hydrogens is 274 g/mol. The zero-order valence-corrected chi connectivity index (χ0v) is 12.4. The molecule has 116 valence electrons. The summed E-state index contributed by atoms with van der Waals surface area (Å²) in [5, 5.41) is 3.39. The van der Waals surface area contributed by atoms with Gasteiger partial charge in [0, 0.05) is 18.7 Å². The highest BCUT2D eigenvalue weighted by Gasteiger charge is 2.39. The summed E-state index contributed by atoms with van der Waals surface area (Å²) in [4.78, 5) is 2.23. The Kier molecular flexibility index (Phi) is 4.13. The highest BCUT2D eigenvalue weighted by Crippen LogP contribution is 2.39. The maximum Gasteiger partial charge on any atom is 0.167 e. The lowest BCUT2D eigenvalue weighted by Crippen LogP contribution is -2.38. The molecule has 0 aliphatic carbocycles. The van der Waals surface area contributed by atoms with Crippen LogP contribution in [0.2, 0.25) is 0 Å². The van der Waals surface area contributed by atoms with Gasteiger partial charge in [0.1, 0.15) is 5.75 Å². The van der Waals surface area contributed by atoms with Crippen molar-refractivity contribution in [1.82, 2.24) is 10.2 Å². The van der Waals surface area contributed by atoms with Crippen LogP contribution in [0.25, 0.3) is 0 Å². The van der Waals surface area contributed by atoms with Crippen molar-refractivity contribution in [1.29, 1.82) is 0 Å². The second-order valence-corrected chi connectivity index (χ2v) is 6.25. The molecule has 0 aromatic heterocycles. The van der Waals surface area contributed by atoms with Crippen molar-refractivity contribution >= 4 is 0 Å². The predicted molar refractivity (Wildman–Crippen MR) is 77.3 cm³/mol. The molecule has 0 amide bonds. The van der Waals surface area contributed by atoms with E-state index in [4.69, 9.17) is 4.74 Å². The molecule has 0 atom stereocenters. The van der Waals surface area contributed by atoms with Crippen molar-refractivity contribution in [2.75, 3.05) is 33.3 Å². The quantitative estimate of drug-likeness (QED) is 0.928. The number of benzene rings is 1. The summed E-state index contributed by atoms with van der Waals surface area (Å²) < 4.78 is 32.7. The fourth-order valence-corrected chi connectivity index (χ4v) is 3.67. The highest BCUT2D eigenvalue weighted by molar-refractivity contribution is 5.35. The van der Waals surface area contributed by atoms with E-state index in [0.29, 0.717) is 23.3 Å². The van der Waals surface area contributed by atoms with Gasteiger partial charge in [-0.3, -0.25) is 4.90 Å². The number of methoxy groups -OCH3 is 1. The first-order valence-corrected chi connectivity index (χ1v) is 7.57. The Morgan fingerprint density at radius 1 is 1.24 bits per heavy atom. The molecule has 5 heteroatoms. The van der Waals surface area contributed by atoms with Crippen LogP contribution in [0.15, 0.2) is 12.1 Å². The van der Waals surface area contributed by atoms with Crippen LogP contribution in [0, 0.1) is 17.0 Å². The van der Waals surface area contributed by atoms with Crippen LogP contribution >= 0.6 is 0 Å². The average molecular weight is 296 g/mol. The smallest absolute Gasteiger partial charge is 0.167 e. The molecular formula is C16H22F2N2O. The lowest BCUT2D eigenvalue weighted by molar-refractivity contribution is 0.192. The standard InChI is InChI=1S/C16H22F2N2O/c1-21-14-3-2-13(17)15(18)12(14)10-20-9-6-16(11-20)4-7-19-8-5-16/h2-3,19H,4-11H2,1H3. The maximum absolute atomic E-state index is 14.0. The van der Waals surface area contributed by atoms with E-state index in [9.17, 15) is 8.78 Å². The van der Waals surface area contributed by atoms with Gasteiger partial charge in [-0.2, -0.15) is 0 Å². The summed E-state index contributed by atoms with van der Waals surface area (Å²) >= 11 is 0. The molecule has 2 heterocycles. The number of nitrogens with one attached hydrogen (secondary N) is 1. The third-order valence-corrected chi connectivity index (χ3v) is 4.94. The van der Waals surface area contributed by atoms with Crippen molar-refractivity contribution in [3.05, 3.63) is 29.3 Å². The van der Waals surface area contributed by atoms with Crippen LogP contribution in [-0.4, -0.2) is 38.2 Å². The minimum absolute atomic E-state index is 0.337. The maximum atomic E-state index is 14.0. The van der Waals surface area contributed by atoms with E-state index in [2.05, 4.69) is 10.2 Å². The molecule has 3 rings (SSSR count). The monoisotopic (exact) mass is 296 g/mol. The third kappa shape index (κ3) is 2.90. The highest BCUT2D eigenvalue weighted by atomic mass is 19.2. The van der Waals surface area contributed by atoms with Gasteiger partial charge in [-0.05, 0) is 56.4 Å². The Hall–Kier alpha value is -1.20. The number of ether oxygens (including phenoxy) is 1. The first-order valence-electron chi connectivity index (χ1n) is 7.57. The van der Waals surface area contributed by atoms with Gasteiger partial charge in [-0.1, -0.05) is 0 Å². The predicted octanol–water partition coefficient (Wildman–Crippen LogP) is 2.55. The molecule has 2 saturated heterocycles. The van der Waals surface area contributed by atoms with Gasteiger partial charge in [0.15, 0.2) is 11.6 Å². The topological polar surface area (TPSA) is 24.5 Å². The molecule has 1 N–H and O–H groups in total. The Morgan fingerprint density at radius 2 is 2.00 bits per heavy atom. The van der Waals surface area contributed by atoms with Crippen LogP contribution in [0.5, 0.6) is 5.75 Å². The fourth-order valence-electron chi connectivity index (χ4n) is 3.67. The van der Waals surface area contributed by atoms with Gasteiger partial charge in [-0.25, -0.2) is 8.78 Å². The number of likely N-dealkylation sites (tertiary alicyclic amines) is 1. The van der Waals surface area contributed by atoms with E-state index >= 15 is 0 Å². The molecule has 1 aromatic rings. The third-order valence-electron chi connectivity index (χ3n) is 4.94. The Labute approximate surface area is 124 Å².